The highest BCUT2D eigenvalue weighted by molar-refractivity contribution is 4.90. The highest BCUT2D eigenvalue weighted by Crippen LogP contribution is 2.46. The Hall–Kier alpha value is -0.120. The van der Waals surface area contributed by atoms with E-state index < -0.39 is 0 Å². The molecular weight excluding hydrogens is 240 g/mol. The van der Waals surface area contributed by atoms with Crippen molar-refractivity contribution in [3.63, 3.8) is 0 Å². The van der Waals surface area contributed by atoms with Crippen molar-refractivity contribution in [1.82, 2.24) is 0 Å². The van der Waals surface area contributed by atoms with Crippen LogP contribution in [0.15, 0.2) is 0 Å². The smallest absolute Gasteiger partial charge is 0.168 e. The molecule has 3 rings (SSSR count). The average molecular weight is 268 g/mol. The molecule has 3 fully saturated rings. The van der Waals surface area contributed by atoms with Gasteiger partial charge in [0.25, 0.3) is 0 Å². The molecule has 0 aromatic rings. The Morgan fingerprint density at radius 2 is 1.37 bits per heavy atom. The second-order valence-corrected chi connectivity index (χ2v) is 6.86. The minimum Gasteiger partial charge on any atom is -0.390 e. The lowest BCUT2D eigenvalue weighted by Crippen LogP contribution is -2.39. The van der Waals surface area contributed by atoms with Gasteiger partial charge in [-0.2, -0.15) is 0 Å². The van der Waals surface area contributed by atoms with Gasteiger partial charge in [-0.1, -0.05) is 6.92 Å². The van der Waals surface area contributed by atoms with Crippen LogP contribution < -0.4 is 0 Å². The fourth-order valence-electron chi connectivity index (χ4n) is 4.34. The van der Waals surface area contributed by atoms with E-state index in [1.165, 1.54) is 25.7 Å². The summed E-state index contributed by atoms with van der Waals surface area (Å²) in [4.78, 5) is 0. The van der Waals surface area contributed by atoms with Gasteiger partial charge in [0.2, 0.25) is 0 Å². The van der Waals surface area contributed by atoms with E-state index in [0.717, 1.165) is 57.2 Å². The quantitative estimate of drug-likeness (QED) is 0.835. The minimum atomic E-state index is -0.357. The number of rotatable bonds is 2. The molecular formula is C16H28O3. The van der Waals surface area contributed by atoms with Crippen molar-refractivity contribution in [3.8, 4) is 0 Å². The zero-order chi connectivity index (χ0) is 13.3. The third-order valence-corrected chi connectivity index (χ3v) is 5.89. The summed E-state index contributed by atoms with van der Waals surface area (Å²) in [7, 11) is 0. The first kappa shape index (κ1) is 13.8. The van der Waals surface area contributed by atoms with Gasteiger partial charge in [0.15, 0.2) is 5.79 Å². The summed E-state index contributed by atoms with van der Waals surface area (Å²) in [6.45, 7) is 3.66. The summed E-state index contributed by atoms with van der Waals surface area (Å²) in [5.74, 6) is 1.44. The second kappa shape index (κ2) is 5.34. The molecule has 1 spiro atoms. The Balaban J connectivity index is 1.50. The second-order valence-electron chi connectivity index (χ2n) is 6.86. The molecule has 2 aliphatic carbocycles. The van der Waals surface area contributed by atoms with Gasteiger partial charge in [-0.05, 0) is 56.8 Å². The summed E-state index contributed by atoms with van der Waals surface area (Å²) in [5.41, 5.74) is -0.357. The molecule has 1 heterocycles. The molecule has 0 unspecified atom stereocenters. The fraction of sp³-hybridized carbons (Fsp3) is 1.00. The van der Waals surface area contributed by atoms with Crippen molar-refractivity contribution in [2.24, 2.45) is 11.8 Å². The molecule has 0 bridgehead atoms. The van der Waals surface area contributed by atoms with Gasteiger partial charge in [-0.25, -0.2) is 0 Å². The first-order valence-corrected chi connectivity index (χ1v) is 8.15. The minimum absolute atomic E-state index is 0.213. The predicted molar refractivity (Wildman–Crippen MR) is 73.8 cm³/mol. The number of hydrogen-bond acceptors (Lipinski definition) is 3. The van der Waals surface area contributed by atoms with Gasteiger partial charge in [-0.3, -0.25) is 0 Å². The van der Waals surface area contributed by atoms with Crippen LogP contribution in [0, 0.1) is 11.8 Å². The molecule has 3 aliphatic rings. The summed E-state index contributed by atoms with van der Waals surface area (Å²) in [6, 6.07) is 0. The summed E-state index contributed by atoms with van der Waals surface area (Å²) >= 11 is 0. The fourth-order valence-corrected chi connectivity index (χ4v) is 4.34. The monoisotopic (exact) mass is 268 g/mol. The molecule has 1 aliphatic heterocycles. The molecule has 3 nitrogen and oxygen atoms in total. The van der Waals surface area contributed by atoms with E-state index >= 15 is 0 Å². The van der Waals surface area contributed by atoms with Crippen LogP contribution >= 0.6 is 0 Å². The maximum absolute atomic E-state index is 10.3. The van der Waals surface area contributed by atoms with E-state index in [0.29, 0.717) is 0 Å². The Labute approximate surface area is 116 Å². The molecule has 0 atom stereocenters. The van der Waals surface area contributed by atoms with Crippen LogP contribution in [0.4, 0.5) is 0 Å². The average Bonchev–Trinajstić information content (AvgIpc) is 2.89. The number of aliphatic hydroxyl groups is 1. The van der Waals surface area contributed by atoms with Crippen molar-refractivity contribution in [1.29, 1.82) is 0 Å². The Kier molecular flexibility index (Phi) is 3.89. The lowest BCUT2D eigenvalue weighted by Gasteiger charge is -2.42. The van der Waals surface area contributed by atoms with E-state index in [4.69, 9.17) is 9.47 Å². The van der Waals surface area contributed by atoms with Crippen molar-refractivity contribution in [3.05, 3.63) is 0 Å². The molecule has 0 aromatic heterocycles. The molecule has 0 radical (unpaired) electrons. The van der Waals surface area contributed by atoms with Gasteiger partial charge in [-0.15, -0.1) is 0 Å². The lowest BCUT2D eigenvalue weighted by molar-refractivity contribution is -0.186. The SMILES string of the molecule is CCC1(O)CCC(C2CCC3(CC2)OCCO3)CC1. The van der Waals surface area contributed by atoms with Gasteiger partial charge < -0.3 is 14.6 Å². The highest BCUT2D eigenvalue weighted by Gasteiger charge is 2.43. The van der Waals surface area contributed by atoms with Crippen LogP contribution in [0.1, 0.15) is 64.7 Å². The van der Waals surface area contributed by atoms with E-state index in [1.54, 1.807) is 0 Å². The van der Waals surface area contributed by atoms with Crippen LogP contribution in [0.2, 0.25) is 0 Å². The van der Waals surface area contributed by atoms with Gasteiger partial charge >= 0.3 is 0 Å². The Morgan fingerprint density at radius 3 is 1.84 bits per heavy atom. The Bertz CT molecular complexity index is 291. The van der Waals surface area contributed by atoms with Crippen molar-refractivity contribution in [2.45, 2.75) is 76.1 Å². The van der Waals surface area contributed by atoms with Crippen LogP contribution in [0.5, 0.6) is 0 Å². The molecule has 1 N–H and O–H groups in total. The van der Waals surface area contributed by atoms with E-state index in [9.17, 15) is 5.11 Å². The first-order valence-electron chi connectivity index (χ1n) is 8.15. The van der Waals surface area contributed by atoms with E-state index in [1.807, 2.05) is 0 Å². The zero-order valence-corrected chi connectivity index (χ0v) is 12.2. The largest absolute Gasteiger partial charge is 0.390 e. The van der Waals surface area contributed by atoms with Crippen LogP contribution in [0.3, 0.4) is 0 Å². The molecule has 2 saturated carbocycles. The maximum Gasteiger partial charge on any atom is 0.168 e. The van der Waals surface area contributed by atoms with Crippen molar-refractivity contribution >= 4 is 0 Å². The van der Waals surface area contributed by atoms with Gasteiger partial charge in [0.1, 0.15) is 0 Å². The van der Waals surface area contributed by atoms with Crippen LogP contribution in [-0.2, 0) is 9.47 Å². The number of ether oxygens (including phenoxy) is 2. The zero-order valence-electron chi connectivity index (χ0n) is 12.2. The van der Waals surface area contributed by atoms with Crippen molar-refractivity contribution in [2.75, 3.05) is 13.2 Å². The lowest BCUT2D eigenvalue weighted by atomic mass is 9.68. The van der Waals surface area contributed by atoms with Gasteiger partial charge in [0.05, 0.1) is 18.8 Å². The normalized spacial score (nSPS) is 39.8. The third-order valence-electron chi connectivity index (χ3n) is 5.89. The maximum atomic E-state index is 10.3. The van der Waals surface area contributed by atoms with Gasteiger partial charge in [0, 0.05) is 12.8 Å². The molecule has 19 heavy (non-hydrogen) atoms. The van der Waals surface area contributed by atoms with Crippen molar-refractivity contribution < 1.29 is 14.6 Å². The summed E-state index contributed by atoms with van der Waals surface area (Å²) in [6.07, 6.45) is 9.98. The summed E-state index contributed by atoms with van der Waals surface area (Å²) in [5, 5.41) is 10.3. The summed E-state index contributed by atoms with van der Waals surface area (Å²) < 4.78 is 11.6. The molecule has 0 amide bonds. The molecule has 0 aromatic carbocycles. The van der Waals surface area contributed by atoms with E-state index in [-0.39, 0.29) is 11.4 Å². The predicted octanol–water partition coefficient (Wildman–Crippen LogP) is 3.25. The third kappa shape index (κ3) is 2.84. The van der Waals surface area contributed by atoms with E-state index in [2.05, 4.69) is 6.92 Å². The molecule has 3 heteroatoms. The topological polar surface area (TPSA) is 38.7 Å². The highest BCUT2D eigenvalue weighted by atomic mass is 16.7. The first-order chi connectivity index (χ1) is 9.15. The van der Waals surface area contributed by atoms with Crippen LogP contribution in [0.25, 0.3) is 0 Å². The standard InChI is InChI=1S/C16H28O3/c1-2-15(17)7-3-13(4-8-15)14-5-9-16(10-6-14)18-11-12-19-16/h13-14,17H,2-12H2,1H3. The molecule has 110 valence electrons. The number of hydrogen-bond donors (Lipinski definition) is 1. The Morgan fingerprint density at radius 1 is 0.895 bits per heavy atom. The molecule has 1 saturated heterocycles. The van der Waals surface area contributed by atoms with Crippen LogP contribution in [-0.4, -0.2) is 29.7 Å².